The first-order valence-corrected chi connectivity index (χ1v) is 8.69. The van der Waals surface area contributed by atoms with E-state index in [0.717, 1.165) is 12.8 Å². The van der Waals surface area contributed by atoms with Gasteiger partial charge in [0, 0.05) is 12.3 Å². The highest BCUT2D eigenvalue weighted by Crippen LogP contribution is 2.62. The third kappa shape index (κ3) is 2.88. The van der Waals surface area contributed by atoms with Crippen LogP contribution in [0.25, 0.3) is 0 Å². The van der Waals surface area contributed by atoms with Gasteiger partial charge in [-0.05, 0) is 44.4 Å². The van der Waals surface area contributed by atoms with Crippen LogP contribution in [0.1, 0.15) is 60.3 Å². The summed E-state index contributed by atoms with van der Waals surface area (Å²) in [4.78, 5) is 25.3. The maximum absolute atomic E-state index is 12.9. The van der Waals surface area contributed by atoms with Gasteiger partial charge in [-0.1, -0.05) is 20.8 Å². The fourth-order valence-electron chi connectivity index (χ4n) is 4.46. The van der Waals surface area contributed by atoms with Crippen molar-refractivity contribution in [3.8, 4) is 0 Å². The third-order valence-electron chi connectivity index (χ3n) is 5.27. The number of carbonyl (C=O) groups is 2. The van der Waals surface area contributed by atoms with Gasteiger partial charge in [-0.2, -0.15) is 0 Å². The summed E-state index contributed by atoms with van der Waals surface area (Å²) < 4.78 is 16.9. The second-order valence-electron chi connectivity index (χ2n) is 8.85. The van der Waals surface area contributed by atoms with E-state index in [4.69, 9.17) is 14.2 Å². The molecule has 130 valence electrons. The van der Waals surface area contributed by atoms with Crippen LogP contribution in [0.4, 0.5) is 0 Å². The van der Waals surface area contributed by atoms with Crippen molar-refractivity contribution >= 4 is 11.9 Å². The lowest BCUT2D eigenvalue weighted by atomic mass is 9.74. The molecule has 5 atom stereocenters. The number of fused-ring (bicyclic) bond motifs is 1. The predicted octanol–water partition coefficient (Wildman–Crippen LogP) is 3.06. The van der Waals surface area contributed by atoms with Gasteiger partial charge in [0.25, 0.3) is 0 Å². The van der Waals surface area contributed by atoms with E-state index in [1.165, 1.54) is 0 Å². The van der Waals surface area contributed by atoms with Crippen molar-refractivity contribution in [2.75, 3.05) is 0 Å². The first kappa shape index (κ1) is 16.7. The van der Waals surface area contributed by atoms with E-state index >= 15 is 0 Å². The number of ether oxygens (including phenoxy) is 3. The summed E-state index contributed by atoms with van der Waals surface area (Å²) in [5.41, 5.74) is -1.10. The molecular weight excluding hydrogens is 296 g/mol. The molecule has 2 aliphatic carbocycles. The van der Waals surface area contributed by atoms with Crippen molar-refractivity contribution in [3.05, 3.63) is 0 Å². The molecule has 3 aliphatic rings. The number of hydrogen-bond acceptors (Lipinski definition) is 5. The molecule has 3 rings (SSSR count). The molecule has 1 heterocycles. The molecule has 23 heavy (non-hydrogen) atoms. The monoisotopic (exact) mass is 324 g/mol. The van der Waals surface area contributed by atoms with Gasteiger partial charge in [-0.25, -0.2) is 0 Å². The Morgan fingerprint density at radius 3 is 2.61 bits per heavy atom. The number of carbonyl (C=O) groups excluding carboxylic acids is 2. The number of esters is 2. The van der Waals surface area contributed by atoms with E-state index in [2.05, 4.69) is 20.8 Å². The highest BCUT2D eigenvalue weighted by Gasteiger charge is 2.71. The van der Waals surface area contributed by atoms with Crippen LogP contribution < -0.4 is 0 Å². The van der Waals surface area contributed by atoms with Gasteiger partial charge in [-0.15, -0.1) is 0 Å². The highest BCUT2D eigenvalue weighted by atomic mass is 16.7. The van der Waals surface area contributed by atoms with Gasteiger partial charge in [-0.3, -0.25) is 9.59 Å². The normalized spacial score (nSPS) is 36.4. The lowest BCUT2D eigenvalue weighted by Gasteiger charge is -2.31. The van der Waals surface area contributed by atoms with Gasteiger partial charge in [0.05, 0.1) is 6.10 Å². The van der Waals surface area contributed by atoms with Crippen LogP contribution in [0.2, 0.25) is 0 Å². The molecule has 1 aliphatic heterocycles. The summed E-state index contributed by atoms with van der Waals surface area (Å²) in [5, 5.41) is 0. The molecule has 0 aromatic heterocycles. The molecule has 1 saturated heterocycles. The zero-order chi connectivity index (χ0) is 17.0. The molecule has 0 aromatic carbocycles. The Labute approximate surface area is 138 Å². The quantitative estimate of drug-likeness (QED) is 0.442. The average Bonchev–Trinajstić information content (AvgIpc) is 2.95. The Bertz CT molecular complexity index is 506. The summed E-state index contributed by atoms with van der Waals surface area (Å²) in [6.45, 7) is 10.1. The van der Waals surface area contributed by atoms with E-state index in [0.29, 0.717) is 18.8 Å². The van der Waals surface area contributed by atoms with Crippen molar-refractivity contribution in [2.24, 2.45) is 22.7 Å². The third-order valence-corrected chi connectivity index (χ3v) is 5.27. The van der Waals surface area contributed by atoms with Gasteiger partial charge in [0.1, 0.15) is 6.10 Å². The maximum Gasteiger partial charge on any atom is 0.326 e. The lowest BCUT2D eigenvalue weighted by molar-refractivity contribution is -0.204. The number of hydrogen-bond donors (Lipinski definition) is 0. The summed E-state index contributed by atoms with van der Waals surface area (Å²) in [5.74, 6) is -0.401. The molecule has 5 nitrogen and oxygen atoms in total. The topological polar surface area (TPSA) is 61.8 Å². The SMILES string of the molecule is CC(C)OC(CC(C)(C)C)OC(=O)C12CC3CC(OC1=O)C2C3. The van der Waals surface area contributed by atoms with Crippen molar-refractivity contribution in [1.29, 1.82) is 0 Å². The largest absolute Gasteiger partial charge is 0.461 e. The fraction of sp³-hybridized carbons (Fsp3) is 0.889. The second-order valence-corrected chi connectivity index (χ2v) is 8.85. The van der Waals surface area contributed by atoms with Gasteiger partial charge >= 0.3 is 11.9 Å². The van der Waals surface area contributed by atoms with Crippen molar-refractivity contribution < 1.29 is 23.8 Å². The van der Waals surface area contributed by atoms with Crippen LogP contribution in [-0.4, -0.2) is 30.4 Å². The molecule has 0 amide bonds. The molecule has 2 saturated carbocycles. The summed E-state index contributed by atoms with van der Waals surface area (Å²) in [6.07, 6.45) is 2.23. The minimum absolute atomic E-state index is 0.00170. The minimum Gasteiger partial charge on any atom is -0.461 e. The Morgan fingerprint density at radius 2 is 2.04 bits per heavy atom. The molecule has 0 spiro atoms. The zero-order valence-corrected chi connectivity index (χ0v) is 14.8. The van der Waals surface area contributed by atoms with Crippen LogP contribution in [0.15, 0.2) is 0 Å². The standard InChI is InChI=1S/C18H28O5/c1-10(2)21-14(9-17(3,4)5)23-16(20)18-8-11-6-12(18)13(7-11)22-15(18)19/h10-14H,6-9H2,1-5H3. The average molecular weight is 324 g/mol. The van der Waals surface area contributed by atoms with Crippen LogP contribution in [-0.2, 0) is 23.8 Å². The van der Waals surface area contributed by atoms with E-state index in [1.807, 2.05) is 13.8 Å². The lowest BCUT2D eigenvalue weighted by Crippen LogP contribution is -2.44. The van der Waals surface area contributed by atoms with Crippen LogP contribution >= 0.6 is 0 Å². The van der Waals surface area contributed by atoms with Crippen molar-refractivity contribution in [1.82, 2.24) is 0 Å². The first-order chi connectivity index (χ1) is 10.6. The van der Waals surface area contributed by atoms with Gasteiger partial charge in [0.2, 0.25) is 6.29 Å². The Balaban J connectivity index is 1.75. The van der Waals surface area contributed by atoms with Gasteiger partial charge < -0.3 is 14.2 Å². The van der Waals surface area contributed by atoms with Crippen LogP contribution in [0, 0.1) is 22.7 Å². The summed E-state index contributed by atoms with van der Waals surface area (Å²) >= 11 is 0. The zero-order valence-electron chi connectivity index (χ0n) is 14.8. The van der Waals surface area contributed by atoms with Crippen LogP contribution in [0.3, 0.4) is 0 Å². The molecule has 2 bridgehead atoms. The number of rotatable bonds is 5. The smallest absolute Gasteiger partial charge is 0.326 e. The van der Waals surface area contributed by atoms with E-state index in [1.54, 1.807) is 0 Å². The molecule has 5 heteroatoms. The van der Waals surface area contributed by atoms with E-state index in [9.17, 15) is 9.59 Å². The maximum atomic E-state index is 12.9. The molecule has 5 unspecified atom stereocenters. The van der Waals surface area contributed by atoms with E-state index < -0.39 is 17.7 Å². The first-order valence-electron chi connectivity index (χ1n) is 8.69. The van der Waals surface area contributed by atoms with Crippen molar-refractivity contribution in [2.45, 2.75) is 78.8 Å². The Morgan fingerprint density at radius 1 is 1.35 bits per heavy atom. The molecular formula is C18H28O5. The van der Waals surface area contributed by atoms with Crippen LogP contribution in [0.5, 0.6) is 0 Å². The summed E-state index contributed by atoms with van der Waals surface area (Å²) in [6, 6.07) is 0. The Kier molecular flexibility index (Phi) is 3.98. The second kappa shape index (κ2) is 5.47. The fourth-order valence-corrected chi connectivity index (χ4v) is 4.46. The molecule has 0 radical (unpaired) electrons. The van der Waals surface area contributed by atoms with Gasteiger partial charge in [0.15, 0.2) is 5.41 Å². The molecule has 0 aromatic rings. The highest BCUT2D eigenvalue weighted by molar-refractivity contribution is 6.02. The minimum atomic E-state index is -1.07. The molecule has 3 fully saturated rings. The van der Waals surface area contributed by atoms with Crippen molar-refractivity contribution in [3.63, 3.8) is 0 Å². The summed E-state index contributed by atoms with van der Waals surface area (Å²) in [7, 11) is 0. The van der Waals surface area contributed by atoms with E-state index in [-0.39, 0.29) is 29.5 Å². The predicted molar refractivity (Wildman–Crippen MR) is 83.3 cm³/mol. The Hall–Kier alpha value is -1.10. The molecule has 0 N–H and O–H groups in total.